The first-order valence-electron chi connectivity index (χ1n) is 8.95. The van der Waals surface area contributed by atoms with Crippen LogP contribution >= 0.6 is 23.4 Å². The Morgan fingerprint density at radius 2 is 1.90 bits per heavy atom. The molecule has 0 bridgehead atoms. The molecule has 148 valence electrons. The first-order chi connectivity index (χ1) is 14.7. The van der Waals surface area contributed by atoms with Crippen molar-refractivity contribution in [3.63, 3.8) is 0 Å². The summed E-state index contributed by atoms with van der Waals surface area (Å²) in [6, 6.07) is 13.5. The third-order valence-corrected chi connectivity index (χ3v) is 5.62. The van der Waals surface area contributed by atoms with Crippen LogP contribution in [0.4, 0.5) is 4.39 Å². The summed E-state index contributed by atoms with van der Waals surface area (Å²) in [5.41, 5.74) is 2.24. The van der Waals surface area contributed by atoms with Gasteiger partial charge in [0.25, 0.3) is 0 Å². The van der Waals surface area contributed by atoms with Crippen molar-refractivity contribution < 1.29 is 8.81 Å². The quantitative estimate of drug-likeness (QED) is 0.265. The number of hydrogen-bond acceptors (Lipinski definition) is 6. The molecule has 0 spiro atoms. The Bertz CT molecular complexity index is 1340. The summed E-state index contributed by atoms with van der Waals surface area (Å²) in [4.78, 5) is 13.1. The predicted molar refractivity (Wildman–Crippen MR) is 113 cm³/mol. The van der Waals surface area contributed by atoms with Crippen LogP contribution in [0.25, 0.3) is 28.0 Å². The number of oxazole rings is 1. The Balaban J connectivity index is 1.38. The van der Waals surface area contributed by atoms with Crippen molar-refractivity contribution in [2.75, 3.05) is 0 Å². The van der Waals surface area contributed by atoms with E-state index < -0.39 is 0 Å². The molecule has 6 nitrogen and oxygen atoms in total. The summed E-state index contributed by atoms with van der Waals surface area (Å²) >= 11 is 7.52. The van der Waals surface area contributed by atoms with E-state index in [2.05, 4.69) is 20.1 Å². The number of fused-ring (bicyclic) bond motifs is 1. The molecule has 5 rings (SSSR count). The number of nitrogens with zero attached hydrogens (tertiary/aromatic N) is 5. The number of thioether (sulfide) groups is 1. The molecule has 9 heteroatoms. The Kier molecular flexibility index (Phi) is 4.94. The number of benzene rings is 2. The molecule has 0 saturated heterocycles. The monoisotopic (exact) mass is 437 g/mol. The van der Waals surface area contributed by atoms with E-state index >= 15 is 0 Å². The van der Waals surface area contributed by atoms with Crippen LogP contribution < -0.4 is 0 Å². The van der Waals surface area contributed by atoms with Crippen LogP contribution in [-0.2, 0) is 5.75 Å². The first kappa shape index (κ1) is 18.8. The molecule has 30 heavy (non-hydrogen) atoms. The summed E-state index contributed by atoms with van der Waals surface area (Å²) in [5.74, 6) is 1.43. The number of rotatable bonds is 5. The van der Waals surface area contributed by atoms with Gasteiger partial charge in [0.1, 0.15) is 17.2 Å². The highest BCUT2D eigenvalue weighted by Crippen LogP contribution is 2.30. The molecule has 3 heterocycles. The molecule has 0 fully saturated rings. The third-order valence-electron chi connectivity index (χ3n) is 4.40. The third kappa shape index (κ3) is 3.67. The Morgan fingerprint density at radius 1 is 1.03 bits per heavy atom. The molecule has 0 amide bonds. The lowest BCUT2D eigenvalue weighted by atomic mass is 10.2. The van der Waals surface area contributed by atoms with E-state index in [9.17, 15) is 4.39 Å². The van der Waals surface area contributed by atoms with Crippen LogP contribution in [-0.4, -0.2) is 24.7 Å². The maximum atomic E-state index is 13.2. The molecule has 0 aliphatic heterocycles. The van der Waals surface area contributed by atoms with Gasteiger partial charge in [0.05, 0.1) is 29.2 Å². The van der Waals surface area contributed by atoms with Gasteiger partial charge >= 0.3 is 0 Å². The average Bonchev–Trinajstić information content (AvgIpc) is 3.40. The maximum Gasteiger partial charge on any atom is 0.205 e. The highest BCUT2D eigenvalue weighted by molar-refractivity contribution is 7.98. The Labute approximate surface area is 179 Å². The van der Waals surface area contributed by atoms with Gasteiger partial charge < -0.3 is 4.42 Å². The second kappa shape index (κ2) is 7.89. The standard InChI is InChI=1S/C21H13ClFN5OS/c22-14-3-1-2-13(8-14)18-10-24-19(29-18)11-30-21-17-9-27-28(20(17)25-12-26-21)16-6-4-15(23)5-7-16/h1-10,12H,11H2. The van der Waals surface area contributed by atoms with E-state index in [1.54, 1.807) is 29.2 Å². The molecule has 0 aliphatic rings. The predicted octanol–water partition coefficient (Wildman–Crippen LogP) is 5.56. The summed E-state index contributed by atoms with van der Waals surface area (Å²) in [6.07, 6.45) is 4.87. The molecular formula is C21H13ClFN5OS. The lowest BCUT2D eigenvalue weighted by molar-refractivity contribution is 0.530. The van der Waals surface area contributed by atoms with Gasteiger partial charge in [-0.1, -0.05) is 35.5 Å². The Hall–Kier alpha value is -3.23. The minimum atomic E-state index is -0.302. The maximum absolute atomic E-state index is 13.2. The fraction of sp³-hybridized carbons (Fsp3) is 0.0476. The highest BCUT2D eigenvalue weighted by atomic mass is 35.5. The van der Waals surface area contributed by atoms with Crippen molar-refractivity contribution in [1.82, 2.24) is 24.7 Å². The van der Waals surface area contributed by atoms with Gasteiger partial charge in [-0.15, -0.1) is 0 Å². The van der Waals surface area contributed by atoms with Crippen molar-refractivity contribution in [2.24, 2.45) is 0 Å². The molecule has 0 unspecified atom stereocenters. The van der Waals surface area contributed by atoms with Crippen LogP contribution in [0.3, 0.4) is 0 Å². The van der Waals surface area contributed by atoms with Crippen molar-refractivity contribution in [2.45, 2.75) is 10.8 Å². The van der Waals surface area contributed by atoms with Crippen LogP contribution in [0, 0.1) is 5.82 Å². The normalized spacial score (nSPS) is 11.3. The molecule has 0 radical (unpaired) electrons. The van der Waals surface area contributed by atoms with Gasteiger partial charge in [-0.3, -0.25) is 0 Å². The van der Waals surface area contributed by atoms with Crippen molar-refractivity contribution in [1.29, 1.82) is 0 Å². The number of aromatic nitrogens is 5. The molecule has 0 saturated carbocycles. The fourth-order valence-electron chi connectivity index (χ4n) is 2.99. The lowest BCUT2D eigenvalue weighted by Crippen LogP contribution is -1.98. The van der Waals surface area contributed by atoms with E-state index in [-0.39, 0.29) is 5.82 Å². The fourth-order valence-corrected chi connectivity index (χ4v) is 4.00. The van der Waals surface area contributed by atoms with Gasteiger partial charge in [0.2, 0.25) is 5.89 Å². The van der Waals surface area contributed by atoms with E-state index in [1.165, 1.54) is 30.2 Å². The van der Waals surface area contributed by atoms with E-state index in [0.717, 1.165) is 21.7 Å². The van der Waals surface area contributed by atoms with Gasteiger partial charge in [-0.05, 0) is 36.4 Å². The average molecular weight is 438 g/mol. The van der Waals surface area contributed by atoms with E-state index in [1.807, 2.05) is 24.3 Å². The molecule has 0 atom stereocenters. The van der Waals surface area contributed by atoms with Crippen molar-refractivity contribution in [3.8, 4) is 17.0 Å². The second-order valence-electron chi connectivity index (χ2n) is 6.37. The number of hydrogen-bond donors (Lipinski definition) is 0. The van der Waals surface area contributed by atoms with E-state index in [4.69, 9.17) is 16.0 Å². The summed E-state index contributed by atoms with van der Waals surface area (Å²) in [5, 5.41) is 6.59. The highest BCUT2D eigenvalue weighted by Gasteiger charge is 2.13. The Morgan fingerprint density at radius 3 is 2.73 bits per heavy atom. The summed E-state index contributed by atoms with van der Waals surface area (Å²) in [6.45, 7) is 0. The van der Waals surface area contributed by atoms with Crippen molar-refractivity contribution >= 4 is 34.4 Å². The van der Waals surface area contributed by atoms with Crippen LogP contribution in [0.5, 0.6) is 0 Å². The van der Waals surface area contributed by atoms with Gasteiger partial charge in [-0.25, -0.2) is 24.0 Å². The lowest BCUT2D eigenvalue weighted by Gasteiger charge is -2.03. The molecule has 3 aromatic heterocycles. The zero-order valence-electron chi connectivity index (χ0n) is 15.4. The summed E-state index contributed by atoms with van der Waals surface area (Å²) in [7, 11) is 0. The van der Waals surface area contributed by atoms with E-state index in [0.29, 0.717) is 28.1 Å². The molecule has 0 N–H and O–H groups in total. The smallest absolute Gasteiger partial charge is 0.205 e. The number of halogens is 2. The zero-order chi connectivity index (χ0) is 20.5. The minimum absolute atomic E-state index is 0.302. The summed E-state index contributed by atoms with van der Waals surface area (Å²) < 4.78 is 20.7. The van der Waals surface area contributed by atoms with Gasteiger partial charge in [0, 0.05) is 10.6 Å². The second-order valence-corrected chi connectivity index (χ2v) is 7.77. The first-order valence-corrected chi connectivity index (χ1v) is 10.3. The van der Waals surface area contributed by atoms with Crippen LogP contribution in [0.15, 0.2) is 76.7 Å². The topological polar surface area (TPSA) is 69.6 Å². The van der Waals surface area contributed by atoms with Crippen LogP contribution in [0.1, 0.15) is 5.89 Å². The van der Waals surface area contributed by atoms with Crippen molar-refractivity contribution in [3.05, 3.63) is 84.0 Å². The molecular weight excluding hydrogens is 425 g/mol. The largest absolute Gasteiger partial charge is 0.440 e. The zero-order valence-corrected chi connectivity index (χ0v) is 16.9. The SMILES string of the molecule is Fc1ccc(-n2ncc3c(SCc4ncc(-c5cccc(Cl)c5)o4)ncnc32)cc1. The minimum Gasteiger partial charge on any atom is -0.440 e. The van der Waals surface area contributed by atoms with Gasteiger partial charge in [0.15, 0.2) is 11.4 Å². The molecule has 0 aliphatic carbocycles. The molecule has 5 aromatic rings. The van der Waals surface area contributed by atoms with Gasteiger partial charge in [-0.2, -0.15) is 5.10 Å². The van der Waals surface area contributed by atoms with Crippen LogP contribution in [0.2, 0.25) is 5.02 Å². The molecule has 2 aromatic carbocycles.